The summed E-state index contributed by atoms with van der Waals surface area (Å²) >= 11 is 0. The Hall–Kier alpha value is -2.43. The lowest BCUT2D eigenvalue weighted by Crippen LogP contribution is -2.43. The molecule has 1 aromatic carbocycles. The molecule has 1 atom stereocenters. The van der Waals surface area contributed by atoms with Gasteiger partial charge in [0.2, 0.25) is 5.91 Å². The van der Waals surface area contributed by atoms with Crippen LogP contribution in [0.5, 0.6) is 11.5 Å². The number of hydrogen-bond acceptors (Lipinski definition) is 6. The third-order valence-electron chi connectivity index (χ3n) is 2.88. The van der Waals surface area contributed by atoms with E-state index >= 15 is 0 Å². The Labute approximate surface area is 135 Å². The quantitative estimate of drug-likeness (QED) is 0.291. The normalized spacial score (nSPS) is 11.2. The molecule has 0 aliphatic carbocycles. The average molecular weight is 322 g/mol. The molecule has 0 bridgehead atoms. The van der Waals surface area contributed by atoms with Crippen molar-refractivity contribution >= 4 is 5.91 Å². The van der Waals surface area contributed by atoms with Gasteiger partial charge in [-0.2, -0.15) is 0 Å². The molecular formula is C16H22N2O5. The zero-order valence-electron chi connectivity index (χ0n) is 13.0. The molecule has 23 heavy (non-hydrogen) atoms. The molecule has 0 fully saturated rings. The van der Waals surface area contributed by atoms with E-state index in [1.165, 1.54) is 12.1 Å². The van der Waals surface area contributed by atoms with Gasteiger partial charge in [0.05, 0.1) is 19.3 Å². The fourth-order valence-corrected chi connectivity index (χ4v) is 1.75. The third kappa shape index (κ3) is 7.40. The van der Waals surface area contributed by atoms with E-state index in [9.17, 15) is 15.0 Å². The van der Waals surface area contributed by atoms with E-state index in [-0.39, 0.29) is 23.8 Å². The summed E-state index contributed by atoms with van der Waals surface area (Å²) in [4.78, 5) is 11.8. The van der Waals surface area contributed by atoms with E-state index in [4.69, 9.17) is 15.2 Å². The van der Waals surface area contributed by atoms with E-state index in [1.54, 1.807) is 13.0 Å². The first-order valence-electron chi connectivity index (χ1n) is 7.20. The second-order valence-electron chi connectivity index (χ2n) is 4.74. The van der Waals surface area contributed by atoms with Gasteiger partial charge in [0.15, 0.2) is 11.5 Å². The summed E-state index contributed by atoms with van der Waals surface area (Å²) in [6.07, 6.45) is 2.71. The van der Waals surface area contributed by atoms with E-state index in [0.29, 0.717) is 31.9 Å². The monoisotopic (exact) mass is 322 g/mol. The zero-order valence-corrected chi connectivity index (χ0v) is 13.0. The summed E-state index contributed by atoms with van der Waals surface area (Å²) in [5, 5.41) is 21.3. The van der Waals surface area contributed by atoms with Gasteiger partial charge in [-0.3, -0.25) is 4.79 Å². The van der Waals surface area contributed by atoms with E-state index in [1.807, 2.05) is 0 Å². The summed E-state index contributed by atoms with van der Waals surface area (Å²) in [6.45, 7) is 3.13. The molecule has 0 saturated carbocycles. The Kier molecular flexibility index (Phi) is 8.36. The number of phenols is 2. The molecule has 1 aromatic rings. The molecule has 1 unspecified atom stereocenters. The van der Waals surface area contributed by atoms with Crippen LogP contribution in [0.3, 0.4) is 0 Å². The molecular weight excluding hydrogens is 300 g/mol. The maximum absolute atomic E-state index is 11.8. The SMILES string of the molecule is CC#COCCOCCNC(=O)C(N)Cc1ccc(O)c(O)c1. The molecule has 7 nitrogen and oxygen atoms in total. The van der Waals surface area contributed by atoms with Crippen molar-refractivity contribution in [3.8, 4) is 23.5 Å². The van der Waals surface area contributed by atoms with Gasteiger partial charge >= 0.3 is 0 Å². The van der Waals surface area contributed by atoms with Crippen LogP contribution in [0, 0.1) is 12.0 Å². The number of ether oxygens (including phenoxy) is 2. The fourth-order valence-electron chi connectivity index (χ4n) is 1.75. The lowest BCUT2D eigenvalue weighted by Gasteiger charge is -2.13. The van der Waals surface area contributed by atoms with E-state index < -0.39 is 6.04 Å². The summed E-state index contributed by atoms with van der Waals surface area (Å²) in [5.74, 6) is 1.84. The molecule has 1 amide bonds. The fraction of sp³-hybridized carbons (Fsp3) is 0.438. The Morgan fingerprint density at radius 1 is 1.30 bits per heavy atom. The molecule has 126 valence electrons. The highest BCUT2D eigenvalue weighted by Crippen LogP contribution is 2.25. The van der Waals surface area contributed by atoms with Crippen LogP contribution >= 0.6 is 0 Å². The number of phenolic OH excluding ortho intramolecular Hbond substituents is 2. The molecule has 0 radical (unpaired) electrons. The first-order valence-corrected chi connectivity index (χ1v) is 7.20. The molecule has 7 heteroatoms. The first-order chi connectivity index (χ1) is 11.0. The number of carbonyl (C=O) groups is 1. The lowest BCUT2D eigenvalue weighted by molar-refractivity contribution is -0.122. The standard InChI is InChI=1S/C16H22N2O5/c1-2-6-22-8-9-23-7-5-18-16(21)13(17)10-12-3-4-14(19)15(20)11-12/h3-4,11,13,19-20H,5,7-10,17H2,1H3,(H,18,21). The third-order valence-corrected chi connectivity index (χ3v) is 2.88. The highest BCUT2D eigenvalue weighted by molar-refractivity contribution is 5.81. The second-order valence-corrected chi connectivity index (χ2v) is 4.74. The van der Waals surface area contributed by atoms with E-state index in [0.717, 1.165) is 0 Å². The van der Waals surface area contributed by atoms with Crippen molar-refractivity contribution in [1.82, 2.24) is 5.32 Å². The van der Waals surface area contributed by atoms with Crippen molar-refractivity contribution in [3.05, 3.63) is 23.8 Å². The van der Waals surface area contributed by atoms with Crippen LogP contribution in [0.25, 0.3) is 0 Å². The van der Waals surface area contributed by atoms with Gasteiger partial charge in [0.1, 0.15) is 12.7 Å². The van der Waals surface area contributed by atoms with Crippen molar-refractivity contribution < 1.29 is 24.5 Å². The van der Waals surface area contributed by atoms with Crippen LogP contribution < -0.4 is 11.1 Å². The predicted octanol–water partition coefficient (Wildman–Crippen LogP) is 0.0978. The highest BCUT2D eigenvalue weighted by Gasteiger charge is 2.14. The van der Waals surface area contributed by atoms with Crippen molar-refractivity contribution in [2.24, 2.45) is 5.73 Å². The van der Waals surface area contributed by atoms with Gasteiger partial charge < -0.3 is 30.7 Å². The minimum absolute atomic E-state index is 0.210. The number of nitrogens with one attached hydrogen (secondary N) is 1. The number of nitrogens with two attached hydrogens (primary N) is 1. The van der Waals surface area contributed by atoms with Crippen LogP contribution in [0.1, 0.15) is 12.5 Å². The van der Waals surface area contributed by atoms with Gasteiger partial charge in [0.25, 0.3) is 0 Å². The Balaban J connectivity index is 2.20. The van der Waals surface area contributed by atoms with Crippen molar-refractivity contribution in [2.45, 2.75) is 19.4 Å². The summed E-state index contributed by atoms with van der Waals surface area (Å²) in [5.41, 5.74) is 6.46. The lowest BCUT2D eigenvalue weighted by atomic mass is 10.1. The smallest absolute Gasteiger partial charge is 0.237 e. The number of carbonyl (C=O) groups excluding carboxylic acids is 1. The Morgan fingerprint density at radius 2 is 2.09 bits per heavy atom. The molecule has 0 spiro atoms. The van der Waals surface area contributed by atoms with Crippen LogP contribution in [-0.4, -0.2) is 48.5 Å². The molecule has 0 saturated heterocycles. The summed E-state index contributed by atoms with van der Waals surface area (Å²) in [6, 6.07) is 3.59. The topological polar surface area (TPSA) is 114 Å². The van der Waals surface area contributed by atoms with Gasteiger partial charge in [-0.15, -0.1) is 0 Å². The molecule has 1 rings (SSSR count). The van der Waals surface area contributed by atoms with Crippen LogP contribution in [0.4, 0.5) is 0 Å². The number of benzene rings is 1. The first kappa shape index (κ1) is 18.6. The molecule has 0 heterocycles. The van der Waals surface area contributed by atoms with Gasteiger partial charge in [-0.1, -0.05) is 12.0 Å². The maximum atomic E-state index is 11.8. The minimum atomic E-state index is -0.748. The summed E-state index contributed by atoms with van der Waals surface area (Å²) < 4.78 is 10.1. The summed E-state index contributed by atoms with van der Waals surface area (Å²) in [7, 11) is 0. The van der Waals surface area contributed by atoms with Crippen LogP contribution in [0.15, 0.2) is 18.2 Å². The Morgan fingerprint density at radius 3 is 2.78 bits per heavy atom. The number of rotatable bonds is 9. The molecule has 5 N–H and O–H groups in total. The van der Waals surface area contributed by atoms with Gasteiger partial charge in [0, 0.05) is 13.5 Å². The highest BCUT2D eigenvalue weighted by atomic mass is 16.5. The minimum Gasteiger partial charge on any atom is -0.504 e. The Bertz CT molecular complexity index is 565. The molecule has 0 aliphatic rings. The zero-order chi connectivity index (χ0) is 17.1. The van der Waals surface area contributed by atoms with Gasteiger partial charge in [-0.25, -0.2) is 0 Å². The molecule has 0 aromatic heterocycles. The van der Waals surface area contributed by atoms with Gasteiger partial charge in [-0.05, 0) is 24.1 Å². The maximum Gasteiger partial charge on any atom is 0.237 e. The number of hydrogen-bond donors (Lipinski definition) is 4. The van der Waals surface area contributed by atoms with Crippen molar-refractivity contribution in [3.63, 3.8) is 0 Å². The largest absolute Gasteiger partial charge is 0.504 e. The average Bonchev–Trinajstić information content (AvgIpc) is 2.53. The number of aromatic hydroxyl groups is 2. The van der Waals surface area contributed by atoms with Crippen molar-refractivity contribution in [1.29, 1.82) is 0 Å². The van der Waals surface area contributed by atoms with Crippen LogP contribution in [0.2, 0.25) is 0 Å². The van der Waals surface area contributed by atoms with Crippen molar-refractivity contribution in [2.75, 3.05) is 26.4 Å². The number of amides is 1. The van der Waals surface area contributed by atoms with Crippen LogP contribution in [-0.2, 0) is 20.7 Å². The predicted molar refractivity (Wildman–Crippen MR) is 84.7 cm³/mol. The van der Waals surface area contributed by atoms with E-state index in [2.05, 4.69) is 17.3 Å². The molecule has 0 aliphatic heterocycles. The second kappa shape index (κ2) is 10.3.